The topological polar surface area (TPSA) is 86.1 Å². The molecule has 0 amide bonds. The molecule has 0 heterocycles. The number of hydrogen-bond donors (Lipinski definition) is 1. The van der Waals surface area contributed by atoms with Gasteiger partial charge in [-0.15, -0.1) is 0 Å². The van der Waals surface area contributed by atoms with E-state index in [4.69, 9.17) is 10.6 Å². The maximum atomic E-state index is 11.2. The summed E-state index contributed by atoms with van der Waals surface area (Å²) in [5.41, 5.74) is 9.30. The van der Waals surface area contributed by atoms with Crippen LogP contribution >= 0.6 is 0 Å². The Morgan fingerprint density at radius 3 is 2.61 bits per heavy atom. The Hall–Kier alpha value is -2.26. The normalized spacial score (nSPS) is 16.2. The number of nitrogens with zero attached hydrogens (tertiary/aromatic N) is 3. The van der Waals surface area contributed by atoms with Crippen LogP contribution in [-0.4, -0.2) is 17.6 Å². The molecule has 92 valence electrons. The first-order valence-corrected chi connectivity index (χ1v) is 5.70. The third-order valence-electron chi connectivity index (χ3n) is 3.18. The highest BCUT2D eigenvalue weighted by molar-refractivity contribution is 5.85. The SMILES string of the molecule is [N-]=[N+]=NCC=Cc1ccc(C2(C(=O)O)CC2)cc1. The van der Waals surface area contributed by atoms with E-state index in [-0.39, 0.29) is 0 Å². The zero-order valence-electron chi connectivity index (χ0n) is 9.78. The fourth-order valence-electron chi connectivity index (χ4n) is 1.94. The van der Waals surface area contributed by atoms with Gasteiger partial charge in [-0.3, -0.25) is 4.79 Å². The van der Waals surface area contributed by atoms with Crippen molar-refractivity contribution >= 4 is 12.0 Å². The molecule has 1 aliphatic rings. The van der Waals surface area contributed by atoms with E-state index in [2.05, 4.69) is 10.0 Å². The number of hydrogen-bond acceptors (Lipinski definition) is 2. The van der Waals surface area contributed by atoms with Gasteiger partial charge in [-0.25, -0.2) is 0 Å². The van der Waals surface area contributed by atoms with Crippen LogP contribution in [0, 0.1) is 0 Å². The summed E-state index contributed by atoms with van der Waals surface area (Å²) in [4.78, 5) is 13.8. The van der Waals surface area contributed by atoms with Crippen molar-refractivity contribution in [3.63, 3.8) is 0 Å². The summed E-state index contributed by atoms with van der Waals surface area (Å²) < 4.78 is 0. The molecule has 1 aromatic carbocycles. The Morgan fingerprint density at radius 1 is 1.44 bits per heavy atom. The molecular weight excluding hydrogens is 230 g/mol. The Bertz CT molecular complexity index is 524. The summed E-state index contributed by atoms with van der Waals surface area (Å²) in [7, 11) is 0. The van der Waals surface area contributed by atoms with Crippen LogP contribution in [0.2, 0.25) is 0 Å². The van der Waals surface area contributed by atoms with Crippen molar-refractivity contribution in [2.75, 3.05) is 6.54 Å². The molecule has 0 bridgehead atoms. The molecule has 5 heteroatoms. The predicted octanol–water partition coefficient (Wildman–Crippen LogP) is 3.13. The smallest absolute Gasteiger partial charge is 0.314 e. The fourth-order valence-corrected chi connectivity index (χ4v) is 1.94. The zero-order chi connectivity index (χ0) is 13.0. The summed E-state index contributed by atoms with van der Waals surface area (Å²) in [6, 6.07) is 7.47. The number of carboxylic acid groups (broad SMARTS) is 1. The van der Waals surface area contributed by atoms with Gasteiger partial charge in [0.25, 0.3) is 0 Å². The fraction of sp³-hybridized carbons (Fsp3) is 0.308. The maximum Gasteiger partial charge on any atom is 0.314 e. The van der Waals surface area contributed by atoms with Gasteiger partial charge in [0, 0.05) is 11.5 Å². The first kappa shape index (κ1) is 12.2. The number of carbonyl (C=O) groups is 1. The average Bonchev–Trinajstić information content (AvgIpc) is 3.17. The van der Waals surface area contributed by atoms with Crippen molar-refractivity contribution in [3.05, 3.63) is 51.9 Å². The van der Waals surface area contributed by atoms with Crippen LogP contribution < -0.4 is 0 Å². The third kappa shape index (κ3) is 2.36. The Kier molecular flexibility index (Phi) is 3.35. The van der Waals surface area contributed by atoms with Crippen LogP contribution in [0.5, 0.6) is 0 Å². The van der Waals surface area contributed by atoms with Gasteiger partial charge in [-0.1, -0.05) is 41.5 Å². The standard InChI is InChI=1S/C13H13N3O2/c14-16-15-9-1-2-10-3-5-11(6-4-10)13(7-8-13)12(17)18/h1-6H,7-9H2,(H,17,18). The molecule has 5 nitrogen and oxygen atoms in total. The highest BCUT2D eigenvalue weighted by atomic mass is 16.4. The van der Waals surface area contributed by atoms with E-state index in [1.807, 2.05) is 30.3 Å². The molecule has 0 saturated heterocycles. The Morgan fingerprint density at radius 2 is 2.11 bits per heavy atom. The molecule has 1 saturated carbocycles. The van der Waals surface area contributed by atoms with Gasteiger partial charge >= 0.3 is 5.97 Å². The molecule has 1 aromatic rings. The van der Waals surface area contributed by atoms with Gasteiger partial charge < -0.3 is 5.11 Å². The van der Waals surface area contributed by atoms with Crippen molar-refractivity contribution in [1.29, 1.82) is 0 Å². The van der Waals surface area contributed by atoms with E-state index >= 15 is 0 Å². The molecular formula is C13H13N3O2. The highest BCUT2D eigenvalue weighted by Crippen LogP contribution is 2.48. The van der Waals surface area contributed by atoms with Gasteiger partial charge in [-0.05, 0) is 29.5 Å². The highest BCUT2D eigenvalue weighted by Gasteiger charge is 2.51. The van der Waals surface area contributed by atoms with Gasteiger partial charge in [0.15, 0.2) is 0 Å². The lowest BCUT2D eigenvalue weighted by molar-refractivity contribution is -0.140. The molecule has 0 aromatic heterocycles. The summed E-state index contributed by atoms with van der Waals surface area (Å²) in [6.07, 6.45) is 5.04. The van der Waals surface area contributed by atoms with E-state index in [1.54, 1.807) is 6.08 Å². The number of azide groups is 1. The van der Waals surface area contributed by atoms with Crippen LogP contribution in [0.15, 0.2) is 35.5 Å². The van der Waals surface area contributed by atoms with Crippen LogP contribution in [0.1, 0.15) is 24.0 Å². The van der Waals surface area contributed by atoms with Crippen LogP contribution in [-0.2, 0) is 10.2 Å². The quantitative estimate of drug-likeness (QED) is 0.489. The van der Waals surface area contributed by atoms with Gasteiger partial charge in [-0.2, -0.15) is 0 Å². The molecule has 0 aliphatic heterocycles. The van der Waals surface area contributed by atoms with Crippen LogP contribution in [0.25, 0.3) is 16.5 Å². The van der Waals surface area contributed by atoms with Crippen molar-refractivity contribution in [2.24, 2.45) is 5.11 Å². The van der Waals surface area contributed by atoms with Crippen LogP contribution in [0.3, 0.4) is 0 Å². The Balaban J connectivity index is 2.09. The lowest BCUT2D eigenvalue weighted by atomic mass is 9.95. The second-order valence-corrected chi connectivity index (χ2v) is 4.33. The maximum absolute atomic E-state index is 11.2. The van der Waals surface area contributed by atoms with Crippen LogP contribution in [0.4, 0.5) is 0 Å². The third-order valence-corrected chi connectivity index (χ3v) is 3.18. The van der Waals surface area contributed by atoms with Gasteiger partial charge in [0.1, 0.15) is 0 Å². The van der Waals surface area contributed by atoms with E-state index in [9.17, 15) is 4.79 Å². The number of carboxylic acids is 1. The minimum absolute atomic E-state index is 0.317. The molecule has 1 N–H and O–H groups in total. The molecule has 0 unspecified atom stereocenters. The van der Waals surface area contributed by atoms with Crippen molar-refractivity contribution in [2.45, 2.75) is 18.3 Å². The molecule has 2 rings (SSSR count). The summed E-state index contributed by atoms with van der Waals surface area (Å²) in [5, 5.41) is 12.6. The molecule has 0 radical (unpaired) electrons. The number of aliphatic carboxylic acids is 1. The largest absolute Gasteiger partial charge is 0.481 e. The minimum atomic E-state index is -0.742. The van der Waals surface area contributed by atoms with Gasteiger partial charge in [0.2, 0.25) is 0 Å². The number of rotatable bonds is 5. The van der Waals surface area contributed by atoms with Gasteiger partial charge in [0.05, 0.1) is 5.41 Å². The molecule has 0 atom stereocenters. The lowest BCUT2D eigenvalue weighted by Crippen LogP contribution is -2.19. The molecule has 18 heavy (non-hydrogen) atoms. The number of benzene rings is 1. The summed E-state index contributed by atoms with van der Waals surface area (Å²) in [5.74, 6) is -0.742. The van der Waals surface area contributed by atoms with E-state index in [0.29, 0.717) is 19.4 Å². The second kappa shape index (κ2) is 4.94. The van der Waals surface area contributed by atoms with Crippen molar-refractivity contribution in [1.82, 2.24) is 0 Å². The Labute approximate surface area is 104 Å². The molecule has 0 spiro atoms. The summed E-state index contributed by atoms with van der Waals surface area (Å²) >= 11 is 0. The second-order valence-electron chi connectivity index (χ2n) is 4.33. The van der Waals surface area contributed by atoms with E-state index < -0.39 is 11.4 Å². The van der Waals surface area contributed by atoms with E-state index in [1.165, 1.54) is 0 Å². The molecule has 1 aliphatic carbocycles. The van der Waals surface area contributed by atoms with Crippen molar-refractivity contribution in [3.8, 4) is 0 Å². The average molecular weight is 243 g/mol. The monoisotopic (exact) mass is 243 g/mol. The predicted molar refractivity (Wildman–Crippen MR) is 68.0 cm³/mol. The van der Waals surface area contributed by atoms with E-state index in [0.717, 1.165) is 11.1 Å². The zero-order valence-corrected chi connectivity index (χ0v) is 9.78. The molecule has 1 fully saturated rings. The van der Waals surface area contributed by atoms with Crippen molar-refractivity contribution < 1.29 is 9.90 Å². The first-order chi connectivity index (χ1) is 8.69. The first-order valence-electron chi connectivity index (χ1n) is 5.70. The summed E-state index contributed by atoms with van der Waals surface area (Å²) in [6.45, 7) is 0.317. The minimum Gasteiger partial charge on any atom is -0.481 e. The lowest BCUT2D eigenvalue weighted by Gasteiger charge is -2.09.